The quantitative estimate of drug-likeness (QED) is 0.354. The molecule has 28 heavy (non-hydrogen) atoms. The Morgan fingerprint density at radius 2 is 1.57 bits per heavy atom. The van der Waals surface area contributed by atoms with Crippen LogP contribution in [0, 0.1) is 11.8 Å². The Bertz CT molecular complexity index is 954. The molecular weight excluding hydrogens is 358 g/mol. The third-order valence-electron chi connectivity index (χ3n) is 5.10. The topological polar surface area (TPSA) is 72.9 Å². The van der Waals surface area contributed by atoms with Gasteiger partial charge >= 0.3 is 5.97 Å². The predicted octanol–water partition coefficient (Wildman–Crippen LogP) is 3.37. The highest BCUT2D eigenvalue weighted by Crippen LogP contribution is 2.38. The minimum atomic E-state index is -0.548. The number of amides is 2. The van der Waals surface area contributed by atoms with E-state index in [0.717, 1.165) is 0 Å². The summed E-state index contributed by atoms with van der Waals surface area (Å²) in [6, 6.07) is 13.1. The van der Waals surface area contributed by atoms with Crippen LogP contribution < -0.4 is 14.4 Å². The van der Waals surface area contributed by atoms with E-state index in [2.05, 4.69) is 0 Å². The van der Waals surface area contributed by atoms with Gasteiger partial charge in [-0.1, -0.05) is 24.3 Å². The monoisotopic (exact) mass is 377 g/mol. The van der Waals surface area contributed by atoms with E-state index in [0.29, 0.717) is 29.8 Å². The van der Waals surface area contributed by atoms with Gasteiger partial charge in [0.1, 0.15) is 11.5 Å². The molecule has 2 aromatic rings. The number of rotatable bonds is 4. The van der Waals surface area contributed by atoms with Gasteiger partial charge in [0, 0.05) is 6.07 Å². The first-order valence-electron chi connectivity index (χ1n) is 9.07. The maximum Gasteiger partial charge on any atom is 0.343 e. The molecule has 1 aliphatic heterocycles. The Labute approximate surface area is 162 Å². The molecule has 1 fully saturated rings. The van der Waals surface area contributed by atoms with E-state index in [9.17, 15) is 14.4 Å². The highest BCUT2D eigenvalue weighted by Gasteiger charge is 2.47. The van der Waals surface area contributed by atoms with Crippen LogP contribution in [-0.4, -0.2) is 24.9 Å². The number of anilines is 1. The molecule has 142 valence electrons. The van der Waals surface area contributed by atoms with Crippen molar-refractivity contribution in [1.82, 2.24) is 0 Å². The molecule has 2 aliphatic rings. The van der Waals surface area contributed by atoms with E-state index >= 15 is 0 Å². The highest BCUT2D eigenvalue weighted by atomic mass is 16.5. The number of fused-ring (bicyclic) bond motifs is 1. The van der Waals surface area contributed by atoms with E-state index in [4.69, 9.17) is 9.47 Å². The lowest BCUT2D eigenvalue weighted by Gasteiger charge is -2.15. The number of benzene rings is 2. The van der Waals surface area contributed by atoms with Crippen molar-refractivity contribution >= 4 is 23.5 Å². The molecule has 0 N–H and O–H groups in total. The van der Waals surface area contributed by atoms with Gasteiger partial charge < -0.3 is 9.47 Å². The van der Waals surface area contributed by atoms with E-state index in [1.165, 1.54) is 12.0 Å². The fraction of sp³-hybridized carbons (Fsp3) is 0.227. The molecule has 4 rings (SSSR count). The van der Waals surface area contributed by atoms with Crippen molar-refractivity contribution in [2.24, 2.45) is 11.8 Å². The number of hydrogen-bond donors (Lipinski definition) is 0. The van der Waals surface area contributed by atoms with Crippen molar-refractivity contribution in [2.75, 3.05) is 12.0 Å². The summed E-state index contributed by atoms with van der Waals surface area (Å²) < 4.78 is 10.6. The molecule has 0 aromatic heterocycles. The van der Waals surface area contributed by atoms with Crippen molar-refractivity contribution < 1.29 is 23.9 Å². The number of carbonyl (C=O) groups excluding carboxylic acids is 3. The van der Waals surface area contributed by atoms with Gasteiger partial charge in [0.25, 0.3) is 0 Å². The van der Waals surface area contributed by atoms with Crippen molar-refractivity contribution in [3.8, 4) is 11.5 Å². The minimum absolute atomic E-state index is 0.198. The van der Waals surface area contributed by atoms with Gasteiger partial charge in [-0.05, 0) is 43.2 Å². The summed E-state index contributed by atoms with van der Waals surface area (Å²) in [4.78, 5) is 39.1. The molecule has 0 unspecified atom stereocenters. The lowest BCUT2D eigenvalue weighted by atomic mass is 9.85. The van der Waals surface area contributed by atoms with Crippen LogP contribution in [0.3, 0.4) is 0 Å². The Balaban J connectivity index is 1.56. The van der Waals surface area contributed by atoms with E-state index < -0.39 is 5.97 Å². The summed E-state index contributed by atoms with van der Waals surface area (Å²) >= 11 is 0. The van der Waals surface area contributed by atoms with Gasteiger partial charge in [-0.3, -0.25) is 9.59 Å². The molecule has 0 spiro atoms. The SMILES string of the molecule is COc1cccc(C(=O)Oc2cccc(N3C(=O)[C@@H]4CC=CC[C@H]4C3=O)c2)c1. The van der Waals surface area contributed by atoms with E-state index in [-0.39, 0.29) is 29.4 Å². The van der Waals surface area contributed by atoms with Crippen LogP contribution in [0.1, 0.15) is 23.2 Å². The van der Waals surface area contributed by atoms with E-state index in [1.54, 1.807) is 48.5 Å². The Hall–Kier alpha value is -3.41. The van der Waals surface area contributed by atoms with Gasteiger partial charge in [-0.2, -0.15) is 0 Å². The van der Waals surface area contributed by atoms with Crippen LogP contribution in [0.15, 0.2) is 60.7 Å². The number of nitrogens with zero attached hydrogens (tertiary/aromatic N) is 1. The molecule has 6 heteroatoms. The number of carbonyl (C=O) groups is 3. The lowest BCUT2D eigenvalue weighted by Crippen LogP contribution is -2.30. The van der Waals surface area contributed by atoms with Crippen molar-refractivity contribution in [3.63, 3.8) is 0 Å². The third kappa shape index (κ3) is 3.17. The predicted molar refractivity (Wildman–Crippen MR) is 102 cm³/mol. The van der Waals surface area contributed by atoms with Crippen molar-refractivity contribution in [1.29, 1.82) is 0 Å². The molecule has 1 aliphatic carbocycles. The molecule has 0 radical (unpaired) electrons. The van der Waals surface area contributed by atoms with E-state index in [1.807, 2.05) is 12.2 Å². The van der Waals surface area contributed by atoms with Gasteiger partial charge in [0.05, 0.1) is 30.2 Å². The first kappa shape index (κ1) is 18.0. The molecular formula is C22H19NO5. The van der Waals surface area contributed by atoms with Crippen molar-refractivity contribution in [3.05, 3.63) is 66.2 Å². The average molecular weight is 377 g/mol. The van der Waals surface area contributed by atoms with Crippen LogP contribution >= 0.6 is 0 Å². The summed E-state index contributed by atoms with van der Waals surface area (Å²) in [5, 5.41) is 0. The lowest BCUT2D eigenvalue weighted by molar-refractivity contribution is -0.122. The maximum absolute atomic E-state index is 12.7. The summed E-state index contributed by atoms with van der Waals surface area (Å²) in [6.07, 6.45) is 5.05. The number of hydrogen-bond acceptors (Lipinski definition) is 5. The van der Waals surface area contributed by atoms with Gasteiger partial charge in [0.15, 0.2) is 0 Å². The van der Waals surface area contributed by atoms with Crippen LogP contribution in [-0.2, 0) is 9.59 Å². The largest absolute Gasteiger partial charge is 0.497 e. The molecule has 0 saturated carbocycles. The summed E-state index contributed by atoms with van der Waals surface area (Å²) in [6.45, 7) is 0. The number of ether oxygens (including phenoxy) is 2. The smallest absolute Gasteiger partial charge is 0.343 e. The number of imide groups is 1. The standard InChI is InChI=1S/C22H19NO5/c1-27-16-8-4-6-14(12-16)22(26)28-17-9-5-7-15(13-17)23-20(24)18-10-2-3-11-19(18)21(23)25/h2-9,12-13,18-19H,10-11H2,1H3/t18-,19-/m1/s1. The average Bonchev–Trinajstić information content (AvgIpc) is 2.99. The zero-order chi connectivity index (χ0) is 19.7. The van der Waals surface area contributed by atoms with Crippen LogP contribution in [0.2, 0.25) is 0 Å². The van der Waals surface area contributed by atoms with Crippen LogP contribution in [0.5, 0.6) is 11.5 Å². The summed E-state index contributed by atoms with van der Waals surface area (Å²) in [5.41, 5.74) is 0.760. The molecule has 0 bridgehead atoms. The van der Waals surface area contributed by atoms with Crippen molar-refractivity contribution in [2.45, 2.75) is 12.8 Å². The third-order valence-corrected chi connectivity index (χ3v) is 5.10. The Morgan fingerprint density at radius 3 is 2.25 bits per heavy atom. The highest BCUT2D eigenvalue weighted by molar-refractivity contribution is 6.22. The first-order valence-corrected chi connectivity index (χ1v) is 9.07. The minimum Gasteiger partial charge on any atom is -0.497 e. The second-order valence-corrected chi connectivity index (χ2v) is 6.79. The van der Waals surface area contributed by atoms with Crippen LogP contribution in [0.4, 0.5) is 5.69 Å². The number of allylic oxidation sites excluding steroid dienone is 2. The maximum atomic E-state index is 12.7. The zero-order valence-electron chi connectivity index (χ0n) is 15.3. The normalized spacial score (nSPS) is 20.8. The second-order valence-electron chi connectivity index (χ2n) is 6.79. The first-order chi connectivity index (χ1) is 13.6. The van der Waals surface area contributed by atoms with Gasteiger partial charge in [-0.15, -0.1) is 0 Å². The molecule has 6 nitrogen and oxygen atoms in total. The molecule has 2 atom stereocenters. The Morgan fingerprint density at radius 1 is 0.929 bits per heavy atom. The molecule has 1 heterocycles. The number of esters is 1. The second kappa shape index (κ2) is 7.31. The van der Waals surface area contributed by atoms with Gasteiger partial charge in [0.2, 0.25) is 11.8 Å². The summed E-state index contributed by atoms with van der Waals surface area (Å²) in [7, 11) is 1.52. The number of methoxy groups -OCH3 is 1. The molecule has 2 aromatic carbocycles. The summed E-state index contributed by atoms with van der Waals surface area (Å²) in [5.74, 6) is -0.744. The fourth-order valence-corrected chi connectivity index (χ4v) is 3.66. The van der Waals surface area contributed by atoms with Crippen LogP contribution in [0.25, 0.3) is 0 Å². The molecule has 1 saturated heterocycles. The zero-order valence-corrected chi connectivity index (χ0v) is 15.3. The molecule has 2 amide bonds. The van der Waals surface area contributed by atoms with Gasteiger partial charge in [-0.25, -0.2) is 9.69 Å². The Kier molecular flexibility index (Phi) is 4.69. The fourth-order valence-electron chi connectivity index (χ4n) is 3.66.